The molecule has 0 spiro atoms. The number of aromatic nitrogens is 2. The first-order chi connectivity index (χ1) is 12.7. The van der Waals surface area contributed by atoms with E-state index >= 15 is 0 Å². The van der Waals surface area contributed by atoms with E-state index in [4.69, 9.17) is 4.74 Å². The number of anilines is 1. The third kappa shape index (κ3) is 3.70. The molecular formula is C20H24N4O2. The maximum absolute atomic E-state index is 12.7. The maximum atomic E-state index is 12.7. The summed E-state index contributed by atoms with van der Waals surface area (Å²) in [6.07, 6.45) is 6.28. The molecule has 1 fully saturated rings. The molecule has 1 aromatic carbocycles. The van der Waals surface area contributed by atoms with Crippen LogP contribution in [0.25, 0.3) is 0 Å². The van der Waals surface area contributed by atoms with Crippen LogP contribution in [0.15, 0.2) is 36.7 Å². The SMILES string of the molecule is Cc1cncc(OC2CCN(CC(=O)N3CCc4ccccc43)CC2)n1. The van der Waals surface area contributed by atoms with Crippen LogP contribution in [0, 0.1) is 6.92 Å². The molecule has 0 unspecified atom stereocenters. The monoisotopic (exact) mass is 352 g/mol. The number of rotatable bonds is 4. The summed E-state index contributed by atoms with van der Waals surface area (Å²) in [6.45, 7) is 4.91. The van der Waals surface area contributed by atoms with Crippen molar-refractivity contribution in [2.45, 2.75) is 32.3 Å². The van der Waals surface area contributed by atoms with Gasteiger partial charge in [-0.25, -0.2) is 4.98 Å². The molecule has 26 heavy (non-hydrogen) atoms. The van der Waals surface area contributed by atoms with Gasteiger partial charge in [0.1, 0.15) is 6.10 Å². The van der Waals surface area contributed by atoms with E-state index in [1.54, 1.807) is 12.4 Å². The Hall–Kier alpha value is -2.47. The van der Waals surface area contributed by atoms with Crippen LogP contribution < -0.4 is 9.64 Å². The van der Waals surface area contributed by atoms with Gasteiger partial charge in [-0.1, -0.05) is 18.2 Å². The van der Waals surface area contributed by atoms with Gasteiger partial charge in [-0.15, -0.1) is 0 Å². The molecule has 3 heterocycles. The summed E-state index contributed by atoms with van der Waals surface area (Å²) in [4.78, 5) is 25.3. The molecular weight excluding hydrogens is 328 g/mol. The van der Waals surface area contributed by atoms with Crippen LogP contribution in [0.3, 0.4) is 0 Å². The first kappa shape index (κ1) is 17.0. The highest BCUT2D eigenvalue weighted by molar-refractivity contribution is 5.96. The Morgan fingerprint density at radius 3 is 2.81 bits per heavy atom. The molecule has 0 N–H and O–H groups in total. The number of amides is 1. The van der Waals surface area contributed by atoms with Gasteiger partial charge in [-0.2, -0.15) is 0 Å². The molecule has 1 saturated heterocycles. The zero-order chi connectivity index (χ0) is 17.9. The van der Waals surface area contributed by atoms with Crippen molar-refractivity contribution in [2.75, 3.05) is 31.1 Å². The number of aryl methyl sites for hydroxylation is 1. The highest BCUT2D eigenvalue weighted by Crippen LogP contribution is 2.27. The number of fused-ring (bicyclic) bond motifs is 1. The fraction of sp³-hybridized carbons (Fsp3) is 0.450. The Balaban J connectivity index is 1.28. The van der Waals surface area contributed by atoms with Crippen LogP contribution in [0.2, 0.25) is 0 Å². The summed E-state index contributed by atoms with van der Waals surface area (Å²) in [5.74, 6) is 0.784. The highest BCUT2D eigenvalue weighted by Gasteiger charge is 2.27. The lowest BCUT2D eigenvalue weighted by molar-refractivity contribution is -0.120. The van der Waals surface area contributed by atoms with Crippen molar-refractivity contribution in [3.63, 3.8) is 0 Å². The van der Waals surface area contributed by atoms with Crippen molar-refractivity contribution in [2.24, 2.45) is 0 Å². The van der Waals surface area contributed by atoms with Crippen molar-refractivity contribution in [1.82, 2.24) is 14.9 Å². The van der Waals surface area contributed by atoms with E-state index in [0.717, 1.165) is 50.3 Å². The lowest BCUT2D eigenvalue weighted by Gasteiger charge is -2.32. The van der Waals surface area contributed by atoms with Crippen LogP contribution in [-0.2, 0) is 11.2 Å². The van der Waals surface area contributed by atoms with Crippen LogP contribution in [0.1, 0.15) is 24.1 Å². The second-order valence-electron chi connectivity index (χ2n) is 7.02. The van der Waals surface area contributed by atoms with Crippen LogP contribution in [0.5, 0.6) is 5.88 Å². The van der Waals surface area contributed by atoms with E-state index in [1.807, 2.05) is 30.0 Å². The van der Waals surface area contributed by atoms with Gasteiger partial charge in [0.2, 0.25) is 11.8 Å². The lowest BCUT2D eigenvalue weighted by Crippen LogP contribution is -2.45. The van der Waals surface area contributed by atoms with Gasteiger partial charge in [0.25, 0.3) is 0 Å². The molecule has 4 rings (SSSR count). The molecule has 1 amide bonds. The van der Waals surface area contributed by atoms with Gasteiger partial charge < -0.3 is 9.64 Å². The molecule has 0 atom stereocenters. The summed E-state index contributed by atoms with van der Waals surface area (Å²) >= 11 is 0. The van der Waals surface area contributed by atoms with E-state index in [1.165, 1.54) is 5.56 Å². The average molecular weight is 352 g/mol. The summed E-state index contributed by atoms with van der Waals surface area (Å²) in [5, 5.41) is 0. The number of likely N-dealkylation sites (tertiary alicyclic amines) is 1. The number of carbonyl (C=O) groups is 1. The number of piperidine rings is 1. The predicted molar refractivity (Wildman–Crippen MR) is 99.4 cm³/mol. The van der Waals surface area contributed by atoms with Crippen molar-refractivity contribution in [3.8, 4) is 5.88 Å². The lowest BCUT2D eigenvalue weighted by atomic mass is 10.1. The van der Waals surface area contributed by atoms with Gasteiger partial charge in [0.05, 0.1) is 18.4 Å². The zero-order valence-electron chi connectivity index (χ0n) is 15.1. The van der Waals surface area contributed by atoms with Crippen molar-refractivity contribution in [3.05, 3.63) is 47.9 Å². The van der Waals surface area contributed by atoms with Gasteiger partial charge in [-0.3, -0.25) is 14.7 Å². The molecule has 0 bridgehead atoms. The number of carbonyl (C=O) groups excluding carboxylic acids is 1. The molecule has 136 valence electrons. The summed E-state index contributed by atoms with van der Waals surface area (Å²) < 4.78 is 5.94. The first-order valence-corrected chi connectivity index (χ1v) is 9.25. The van der Waals surface area contributed by atoms with Gasteiger partial charge >= 0.3 is 0 Å². The Labute approximate surface area is 153 Å². The van der Waals surface area contributed by atoms with Crippen LogP contribution in [-0.4, -0.2) is 53.1 Å². The Bertz CT molecular complexity index is 787. The normalized spacial score (nSPS) is 18.0. The van der Waals surface area contributed by atoms with Gasteiger partial charge in [0, 0.05) is 31.5 Å². The van der Waals surface area contributed by atoms with Crippen LogP contribution >= 0.6 is 0 Å². The largest absolute Gasteiger partial charge is 0.473 e. The third-order valence-corrected chi connectivity index (χ3v) is 5.10. The molecule has 0 radical (unpaired) electrons. The van der Waals surface area contributed by atoms with Gasteiger partial charge in [-0.05, 0) is 37.8 Å². The number of benzene rings is 1. The number of para-hydroxylation sites is 1. The second kappa shape index (κ2) is 7.41. The average Bonchev–Trinajstić information content (AvgIpc) is 3.08. The Morgan fingerprint density at radius 2 is 2.00 bits per heavy atom. The van der Waals surface area contributed by atoms with E-state index in [0.29, 0.717) is 12.4 Å². The van der Waals surface area contributed by atoms with Crippen molar-refractivity contribution >= 4 is 11.6 Å². The van der Waals surface area contributed by atoms with Crippen molar-refractivity contribution in [1.29, 1.82) is 0 Å². The number of hydrogen-bond acceptors (Lipinski definition) is 5. The smallest absolute Gasteiger partial charge is 0.241 e. The minimum absolute atomic E-state index is 0.143. The Morgan fingerprint density at radius 1 is 1.19 bits per heavy atom. The molecule has 6 heteroatoms. The van der Waals surface area contributed by atoms with E-state index in [-0.39, 0.29) is 12.0 Å². The van der Waals surface area contributed by atoms with Crippen LogP contribution in [0.4, 0.5) is 5.69 Å². The molecule has 2 aromatic rings. The number of nitrogens with zero attached hydrogens (tertiary/aromatic N) is 4. The first-order valence-electron chi connectivity index (χ1n) is 9.25. The summed E-state index contributed by atoms with van der Waals surface area (Å²) in [6, 6.07) is 8.19. The highest BCUT2D eigenvalue weighted by atomic mass is 16.5. The zero-order valence-corrected chi connectivity index (χ0v) is 15.1. The quantitative estimate of drug-likeness (QED) is 0.844. The minimum atomic E-state index is 0.143. The molecule has 0 saturated carbocycles. The fourth-order valence-corrected chi connectivity index (χ4v) is 3.73. The standard InChI is InChI=1S/C20H24N4O2/c1-15-12-21-13-19(22-15)26-17-7-9-23(10-8-17)14-20(25)24-11-6-16-4-2-3-5-18(16)24/h2-5,12-13,17H,6-11,14H2,1H3. The molecule has 1 aromatic heterocycles. The third-order valence-electron chi connectivity index (χ3n) is 5.10. The summed E-state index contributed by atoms with van der Waals surface area (Å²) in [7, 11) is 0. The molecule has 2 aliphatic rings. The van der Waals surface area contributed by atoms with E-state index < -0.39 is 0 Å². The Kier molecular flexibility index (Phi) is 4.84. The predicted octanol–water partition coefficient (Wildman–Crippen LogP) is 2.22. The molecule has 6 nitrogen and oxygen atoms in total. The van der Waals surface area contributed by atoms with Crippen molar-refractivity contribution < 1.29 is 9.53 Å². The minimum Gasteiger partial charge on any atom is -0.473 e. The fourth-order valence-electron chi connectivity index (χ4n) is 3.73. The maximum Gasteiger partial charge on any atom is 0.241 e. The number of ether oxygens (including phenoxy) is 1. The summed E-state index contributed by atoms with van der Waals surface area (Å²) in [5.41, 5.74) is 3.21. The molecule has 2 aliphatic heterocycles. The van der Waals surface area contributed by atoms with E-state index in [9.17, 15) is 4.79 Å². The van der Waals surface area contributed by atoms with E-state index in [2.05, 4.69) is 20.9 Å². The molecule has 0 aliphatic carbocycles. The van der Waals surface area contributed by atoms with Gasteiger partial charge in [0.15, 0.2) is 0 Å². The number of hydrogen-bond donors (Lipinski definition) is 0. The second-order valence-corrected chi connectivity index (χ2v) is 7.02. The topological polar surface area (TPSA) is 58.6 Å².